The highest BCUT2D eigenvalue weighted by Gasteiger charge is 2.61. The van der Waals surface area contributed by atoms with Gasteiger partial charge in [-0.05, 0) is 56.4 Å². The van der Waals surface area contributed by atoms with Crippen molar-refractivity contribution in [2.45, 2.75) is 55.9 Å². The smallest absolute Gasteiger partial charge is 0.289 e. The van der Waals surface area contributed by atoms with E-state index in [0.29, 0.717) is 18.3 Å². The molecule has 0 aromatic heterocycles. The van der Waals surface area contributed by atoms with Gasteiger partial charge < -0.3 is 10.2 Å². The molecule has 1 heterocycles. The Morgan fingerprint density at radius 3 is 2.26 bits per heavy atom. The summed E-state index contributed by atoms with van der Waals surface area (Å²) in [5, 5.41) is 14.5. The van der Waals surface area contributed by atoms with Crippen LogP contribution in [0.15, 0.2) is 29.2 Å². The van der Waals surface area contributed by atoms with E-state index in [2.05, 4.69) is 5.32 Å². The molecule has 0 spiro atoms. The highest BCUT2D eigenvalue weighted by Crippen LogP contribution is 2.62. The van der Waals surface area contributed by atoms with Crippen molar-refractivity contribution < 1.29 is 22.9 Å². The molecule has 2 atom stereocenters. The van der Waals surface area contributed by atoms with Crippen LogP contribution in [-0.4, -0.2) is 66.1 Å². The molecule has 1 saturated heterocycles. The van der Waals surface area contributed by atoms with Crippen molar-refractivity contribution in [1.82, 2.24) is 14.5 Å². The van der Waals surface area contributed by atoms with E-state index < -0.39 is 26.0 Å². The van der Waals surface area contributed by atoms with Gasteiger partial charge in [-0.1, -0.05) is 12.1 Å². The second-order valence-corrected chi connectivity index (χ2v) is 12.5. The van der Waals surface area contributed by atoms with E-state index >= 15 is 0 Å². The SMILES string of the molecule is CC(=O)NC12C[C@@H]3C[C@@H](C1)CC(C(=O)N1CCN(S(=O)(=O)c4ccccc4[N+](=O)[O-])CC1)(C3)C2. The Bertz CT molecular complexity index is 1130. The lowest BCUT2D eigenvalue weighted by Gasteiger charge is -2.62. The van der Waals surface area contributed by atoms with E-state index in [9.17, 15) is 28.1 Å². The van der Waals surface area contributed by atoms with Crippen LogP contribution in [0.25, 0.3) is 0 Å². The highest BCUT2D eigenvalue weighted by atomic mass is 32.2. The molecular formula is C23H30N4O6S. The first-order valence-electron chi connectivity index (χ1n) is 11.9. The number of nitro benzene ring substituents is 1. The zero-order valence-electron chi connectivity index (χ0n) is 19.2. The van der Waals surface area contributed by atoms with Gasteiger partial charge in [-0.3, -0.25) is 19.7 Å². The van der Waals surface area contributed by atoms with Crippen molar-refractivity contribution >= 4 is 27.5 Å². The van der Waals surface area contributed by atoms with E-state index in [-0.39, 0.29) is 48.4 Å². The van der Waals surface area contributed by atoms with E-state index in [1.54, 1.807) is 4.90 Å². The maximum Gasteiger partial charge on any atom is 0.289 e. The molecule has 4 saturated carbocycles. The Labute approximate surface area is 198 Å². The van der Waals surface area contributed by atoms with E-state index in [1.165, 1.54) is 35.5 Å². The zero-order valence-corrected chi connectivity index (χ0v) is 20.1. The lowest BCUT2D eigenvalue weighted by atomic mass is 9.46. The number of rotatable bonds is 5. The zero-order chi connectivity index (χ0) is 24.3. The number of carbonyl (C=O) groups excluding carboxylic acids is 2. The monoisotopic (exact) mass is 490 g/mol. The molecule has 11 heteroatoms. The molecule has 0 radical (unpaired) electrons. The summed E-state index contributed by atoms with van der Waals surface area (Å²) in [6.07, 6.45) is 5.29. The molecule has 6 rings (SSSR count). The van der Waals surface area contributed by atoms with Gasteiger partial charge in [0.15, 0.2) is 4.90 Å². The second kappa shape index (κ2) is 8.01. The molecule has 2 amide bonds. The average molecular weight is 491 g/mol. The Morgan fingerprint density at radius 2 is 1.68 bits per heavy atom. The summed E-state index contributed by atoms with van der Waals surface area (Å²) in [7, 11) is -4.05. The number of hydrogen-bond acceptors (Lipinski definition) is 6. The molecule has 5 aliphatic rings. The lowest BCUT2D eigenvalue weighted by molar-refractivity contribution is -0.387. The van der Waals surface area contributed by atoms with Gasteiger partial charge in [0.05, 0.1) is 10.3 Å². The number of hydrogen-bond donors (Lipinski definition) is 1. The maximum absolute atomic E-state index is 13.8. The first-order chi connectivity index (χ1) is 16.0. The van der Waals surface area contributed by atoms with Crippen molar-refractivity contribution in [1.29, 1.82) is 0 Å². The summed E-state index contributed by atoms with van der Waals surface area (Å²) in [5.41, 5.74) is -1.24. The molecule has 1 N–H and O–H groups in total. The predicted molar refractivity (Wildman–Crippen MR) is 122 cm³/mol. The van der Waals surface area contributed by atoms with Gasteiger partial charge in [-0.15, -0.1) is 0 Å². The average Bonchev–Trinajstić information content (AvgIpc) is 2.77. The van der Waals surface area contributed by atoms with Crippen LogP contribution in [0.5, 0.6) is 0 Å². The van der Waals surface area contributed by atoms with Crippen LogP contribution >= 0.6 is 0 Å². The number of piperazine rings is 1. The number of sulfonamides is 1. The van der Waals surface area contributed by atoms with Crippen LogP contribution in [-0.2, 0) is 19.6 Å². The predicted octanol–water partition coefficient (Wildman–Crippen LogP) is 1.90. The van der Waals surface area contributed by atoms with Crippen LogP contribution in [0.4, 0.5) is 5.69 Å². The normalized spacial score (nSPS) is 33.0. The number of amides is 2. The maximum atomic E-state index is 13.8. The van der Waals surface area contributed by atoms with Crippen molar-refractivity contribution in [3.8, 4) is 0 Å². The summed E-state index contributed by atoms with van der Waals surface area (Å²) >= 11 is 0. The van der Waals surface area contributed by atoms with Gasteiger partial charge >= 0.3 is 0 Å². The fraction of sp³-hybridized carbons (Fsp3) is 0.652. The third-order valence-corrected chi connectivity index (χ3v) is 10.1. The summed E-state index contributed by atoms with van der Waals surface area (Å²) < 4.78 is 27.5. The lowest BCUT2D eigenvalue weighted by Crippen LogP contribution is -2.66. The molecular weight excluding hydrogens is 460 g/mol. The Morgan fingerprint density at radius 1 is 1.06 bits per heavy atom. The molecule has 0 unspecified atom stereocenters. The van der Waals surface area contributed by atoms with Gasteiger partial charge in [0.1, 0.15) is 0 Å². The van der Waals surface area contributed by atoms with Gasteiger partial charge in [-0.2, -0.15) is 4.31 Å². The first-order valence-corrected chi connectivity index (χ1v) is 13.3. The van der Waals surface area contributed by atoms with Gasteiger partial charge in [0.25, 0.3) is 5.69 Å². The molecule has 5 fully saturated rings. The molecule has 1 aliphatic heterocycles. The van der Waals surface area contributed by atoms with Gasteiger partial charge in [0.2, 0.25) is 21.8 Å². The molecule has 1 aromatic carbocycles. The minimum absolute atomic E-state index is 0.0571. The van der Waals surface area contributed by atoms with Crippen LogP contribution in [0.1, 0.15) is 45.4 Å². The van der Waals surface area contributed by atoms with Crippen LogP contribution in [0.3, 0.4) is 0 Å². The molecule has 4 aliphatic carbocycles. The van der Waals surface area contributed by atoms with Crippen LogP contribution in [0, 0.1) is 27.4 Å². The summed E-state index contributed by atoms with van der Waals surface area (Å²) in [4.78, 5) is 37.8. The molecule has 34 heavy (non-hydrogen) atoms. The largest absolute Gasteiger partial charge is 0.351 e. The van der Waals surface area contributed by atoms with E-state index in [1.807, 2.05) is 0 Å². The third kappa shape index (κ3) is 3.78. The number of nitrogens with one attached hydrogen (secondary N) is 1. The Hall–Kier alpha value is -2.53. The quantitative estimate of drug-likeness (QED) is 0.496. The van der Waals surface area contributed by atoms with E-state index in [4.69, 9.17) is 0 Å². The summed E-state index contributed by atoms with van der Waals surface area (Å²) in [6.45, 7) is 2.23. The summed E-state index contributed by atoms with van der Waals surface area (Å²) in [6, 6.07) is 5.34. The first kappa shape index (κ1) is 23.2. The van der Waals surface area contributed by atoms with Crippen molar-refractivity contribution in [3.05, 3.63) is 34.4 Å². The number of nitrogens with zero attached hydrogens (tertiary/aromatic N) is 3. The Kier molecular flexibility index (Phi) is 5.47. The molecule has 1 aromatic rings. The van der Waals surface area contributed by atoms with Crippen molar-refractivity contribution in [2.24, 2.45) is 17.3 Å². The van der Waals surface area contributed by atoms with Crippen molar-refractivity contribution in [3.63, 3.8) is 0 Å². The standard InChI is InChI=1S/C23H30N4O6S/c1-16(28)24-23-13-17-10-18(14-23)12-22(11-17,15-23)21(29)25-6-8-26(9-7-25)34(32,33)20-5-3-2-4-19(20)27(30)31/h2-5,17-18H,6-15H2,1H3,(H,24,28)/t17-,18-,22?,23?/m1/s1. The topological polar surface area (TPSA) is 130 Å². The van der Waals surface area contributed by atoms with Gasteiger partial charge in [0, 0.05) is 44.7 Å². The highest BCUT2D eigenvalue weighted by molar-refractivity contribution is 7.89. The second-order valence-electron chi connectivity index (χ2n) is 10.6. The minimum atomic E-state index is -4.05. The number of benzene rings is 1. The van der Waals surface area contributed by atoms with E-state index in [0.717, 1.165) is 32.1 Å². The number of para-hydroxylation sites is 1. The molecule has 4 bridgehead atoms. The minimum Gasteiger partial charge on any atom is -0.351 e. The molecule has 184 valence electrons. The fourth-order valence-electron chi connectivity index (χ4n) is 7.46. The fourth-order valence-corrected chi connectivity index (χ4v) is 9.04. The van der Waals surface area contributed by atoms with Gasteiger partial charge in [-0.25, -0.2) is 8.42 Å². The Balaban J connectivity index is 1.31. The third-order valence-electron chi connectivity index (χ3n) is 8.16. The van der Waals surface area contributed by atoms with Crippen LogP contribution < -0.4 is 5.32 Å². The van der Waals surface area contributed by atoms with Crippen molar-refractivity contribution in [2.75, 3.05) is 26.2 Å². The number of nitro groups is 1. The number of carbonyl (C=O) groups is 2. The molecule has 10 nitrogen and oxygen atoms in total. The summed E-state index contributed by atoms with van der Waals surface area (Å²) in [5.74, 6) is 0.868. The van der Waals surface area contributed by atoms with Crippen LogP contribution in [0.2, 0.25) is 0 Å².